The number of amides is 2. The van der Waals surface area contributed by atoms with E-state index in [1.807, 2.05) is 30.3 Å². The summed E-state index contributed by atoms with van der Waals surface area (Å²) in [4.78, 5) is 26.3. The van der Waals surface area contributed by atoms with Gasteiger partial charge in [0.1, 0.15) is 5.00 Å². The molecule has 1 aromatic carbocycles. The van der Waals surface area contributed by atoms with Crippen molar-refractivity contribution < 1.29 is 14.3 Å². The van der Waals surface area contributed by atoms with E-state index in [0.29, 0.717) is 10.6 Å². The van der Waals surface area contributed by atoms with E-state index < -0.39 is 5.97 Å². The van der Waals surface area contributed by atoms with Crippen molar-refractivity contribution in [1.29, 1.82) is 0 Å². The van der Waals surface area contributed by atoms with Gasteiger partial charge >= 0.3 is 12.0 Å². The van der Waals surface area contributed by atoms with Crippen molar-refractivity contribution in [2.24, 2.45) is 0 Å². The van der Waals surface area contributed by atoms with E-state index in [9.17, 15) is 9.59 Å². The summed E-state index contributed by atoms with van der Waals surface area (Å²) in [5.74, 6) is -0.435. The van der Waals surface area contributed by atoms with Crippen LogP contribution in [0.3, 0.4) is 0 Å². The molecule has 2 amide bonds. The second-order valence-corrected chi connectivity index (χ2v) is 5.82. The van der Waals surface area contributed by atoms with E-state index >= 15 is 0 Å². The molecule has 0 bridgehead atoms. The summed E-state index contributed by atoms with van der Waals surface area (Å²) in [6.07, 6.45) is 0. The molecule has 0 aliphatic rings. The van der Waals surface area contributed by atoms with Gasteiger partial charge in [-0.3, -0.25) is 5.32 Å². The van der Waals surface area contributed by atoms with Crippen molar-refractivity contribution in [3.05, 3.63) is 42.0 Å². The van der Waals surface area contributed by atoms with Crippen molar-refractivity contribution in [2.75, 3.05) is 26.0 Å². The molecule has 0 saturated carbocycles. The number of anilines is 1. The Morgan fingerprint density at radius 2 is 1.91 bits per heavy atom. The van der Waals surface area contributed by atoms with Crippen molar-refractivity contribution in [2.45, 2.75) is 6.92 Å². The second kappa shape index (κ2) is 7.09. The number of hydrogen-bond acceptors (Lipinski definition) is 4. The van der Waals surface area contributed by atoms with Crippen LogP contribution in [0.25, 0.3) is 10.4 Å². The lowest BCUT2D eigenvalue weighted by Gasteiger charge is -2.11. The molecular weight excluding hydrogens is 300 g/mol. The number of nitrogens with one attached hydrogen (secondary N) is 1. The average molecular weight is 318 g/mol. The fourth-order valence-electron chi connectivity index (χ4n) is 1.80. The Morgan fingerprint density at radius 3 is 2.50 bits per heavy atom. The molecule has 2 rings (SSSR count). The summed E-state index contributed by atoms with van der Waals surface area (Å²) < 4.78 is 5.06. The molecule has 0 saturated heterocycles. The number of ether oxygens (including phenoxy) is 1. The normalized spacial score (nSPS) is 10.1. The number of carbonyl (C=O) groups is 2. The highest BCUT2D eigenvalue weighted by Gasteiger charge is 2.20. The molecule has 0 atom stereocenters. The quantitative estimate of drug-likeness (QED) is 0.875. The third kappa shape index (κ3) is 3.65. The third-order valence-electron chi connectivity index (χ3n) is 2.91. The van der Waals surface area contributed by atoms with E-state index in [4.69, 9.17) is 4.74 Å². The zero-order valence-corrected chi connectivity index (χ0v) is 13.6. The van der Waals surface area contributed by atoms with E-state index in [-0.39, 0.29) is 12.6 Å². The topological polar surface area (TPSA) is 58.6 Å². The Hall–Kier alpha value is -2.34. The fourth-order valence-corrected chi connectivity index (χ4v) is 2.84. The van der Waals surface area contributed by atoms with Gasteiger partial charge in [0.05, 0.1) is 12.2 Å². The van der Waals surface area contributed by atoms with Gasteiger partial charge in [-0.25, -0.2) is 9.59 Å². The molecule has 0 aliphatic heterocycles. The van der Waals surface area contributed by atoms with Gasteiger partial charge in [0.25, 0.3) is 0 Å². The van der Waals surface area contributed by atoms with Crippen LogP contribution in [0.2, 0.25) is 0 Å². The first-order valence-electron chi connectivity index (χ1n) is 6.87. The maximum Gasteiger partial charge on any atom is 0.341 e. The summed E-state index contributed by atoms with van der Waals surface area (Å²) in [6.45, 7) is 2.04. The molecule has 0 aliphatic carbocycles. The van der Waals surface area contributed by atoms with Crippen LogP contribution in [0.15, 0.2) is 36.4 Å². The summed E-state index contributed by atoms with van der Waals surface area (Å²) in [5, 5.41) is 3.24. The van der Waals surface area contributed by atoms with Crippen LogP contribution in [0, 0.1) is 0 Å². The third-order valence-corrected chi connectivity index (χ3v) is 4.01. The molecule has 22 heavy (non-hydrogen) atoms. The molecule has 1 heterocycles. The Morgan fingerprint density at radius 1 is 1.23 bits per heavy atom. The molecule has 6 heteroatoms. The smallest absolute Gasteiger partial charge is 0.341 e. The maximum atomic E-state index is 12.1. The molecule has 0 radical (unpaired) electrons. The zero-order valence-electron chi connectivity index (χ0n) is 12.8. The SMILES string of the molecule is CCOC(=O)c1cc(-c2ccccc2)sc1NC(=O)N(C)C. The maximum absolute atomic E-state index is 12.1. The van der Waals surface area contributed by atoms with Crippen LogP contribution in [0.4, 0.5) is 9.80 Å². The number of esters is 1. The number of hydrogen-bond donors (Lipinski definition) is 1. The minimum Gasteiger partial charge on any atom is -0.462 e. The van der Waals surface area contributed by atoms with E-state index in [0.717, 1.165) is 10.4 Å². The summed E-state index contributed by atoms with van der Waals surface area (Å²) >= 11 is 1.35. The van der Waals surface area contributed by atoms with Crippen LogP contribution < -0.4 is 5.32 Å². The highest BCUT2D eigenvalue weighted by Crippen LogP contribution is 2.36. The second-order valence-electron chi connectivity index (χ2n) is 4.76. The lowest BCUT2D eigenvalue weighted by atomic mass is 10.1. The number of benzene rings is 1. The number of rotatable bonds is 4. The number of carbonyl (C=O) groups excluding carboxylic acids is 2. The average Bonchev–Trinajstić information content (AvgIpc) is 2.92. The lowest BCUT2D eigenvalue weighted by molar-refractivity contribution is 0.0528. The summed E-state index contributed by atoms with van der Waals surface area (Å²) in [7, 11) is 3.29. The van der Waals surface area contributed by atoms with Gasteiger partial charge in [-0.2, -0.15) is 0 Å². The first kappa shape index (κ1) is 16.0. The molecule has 116 valence electrons. The van der Waals surface area contributed by atoms with Crippen molar-refractivity contribution >= 4 is 28.3 Å². The Kier molecular flexibility index (Phi) is 5.16. The largest absolute Gasteiger partial charge is 0.462 e. The Bertz CT molecular complexity index is 665. The van der Waals surface area contributed by atoms with Gasteiger partial charge in [-0.1, -0.05) is 30.3 Å². The predicted octanol–water partition coefficient (Wildman–Crippen LogP) is 3.69. The van der Waals surface area contributed by atoms with Gasteiger partial charge in [0.15, 0.2) is 0 Å². The van der Waals surface area contributed by atoms with Gasteiger partial charge in [-0.05, 0) is 18.6 Å². The molecule has 0 spiro atoms. The minimum absolute atomic E-state index is 0.285. The first-order valence-corrected chi connectivity index (χ1v) is 7.69. The fraction of sp³-hybridized carbons (Fsp3) is 0.250. The zero-order chi connectivity index (χ0) is 16.1. The summed E-state index contributed by atoms with van der Waals surface area (Å²) in [5.41, 5.74) is 1.37. The Labute approximate surface area is 133 Å². The predicted molar refractivity (Wildman–Crippen MR) is 88.4 cm³/mol. The standard InChI is InChI=1S/C16H18N2O3S/c1-4-21-15(19)12-10-13(11-8-6-5-7-9-11)22-14(12)17-16(20)18(2)3/h5-10H,4H2,1-3H3,(H,17,20). The van der Waals surface area contributed by atoms with Crippen molar-refractivity contribution in [1.82, 2.24) is 4.90 Å². The van der Waals surface area contributed by atoms with Crippen LogP contribution in [-0.2, 0) is 4.74 Å². The molecule has 1 N–H and O–H groups in total. The number of nitrogens with zero attached hydrogens (tertiary/aromatic N) is 1. The van der Waals surface area contributed by atoms with Gasteiger partial charge in [0, 0.05) is 19.0 Å². The van der Waals surface area contributed by atoms with Crippen LogP contribution >= 0.6 is 11.3 Å². The summed E-state index contributed by atoms with van der Waals surface area (Å²) in [6, 6.07) is 11.2. The molecule has 5 nitrogen and oxygen atoms in total. The highest BCUT2D eigenvalue weighted by atomic mass is 32.1. The minimum atomic E-state index is -0.435. The highest BCUT2D eigenvalue weighted by molar-refractivity contribution is 7.20. The van der Waals surface area contributed by atoms with E-state index in [1.54, 1.807) is 27.1 Å². The molecular formula is C16H18N2O3S. The first-order chi connectivity index (χ1) is 10.5. The van der Waals surface area contributed by atoms with Crippen LogP contribution in [0.1, 0.15) is 17.3 Å². The molecule has 1 aromatic heterocycles. The van der Waals surface area contributed by atoms with Gasteiger partial charge < -0.3 is 9.64 Å². The van der Waals surface area contributed by atoms with Gasteiger partial charge in [-0.15, -0.1) is 11.3 Å². The number of thiophene rings is 1. The Balaban J connectivity index is 2.39. The molecule has 0 unspecified atom stereocenters. The lowest BCUT2D eigenvalue weighted by Crippen LogP contribution is -2.27. The van der Waals surface area contributed by atoms with Crippen LogP contribution in [0.5, 0.6) is 0 Å². The van der Waals surface area contributed by atoms with Crippen molar-refractivity contribution in [3.63, 3.8) is 0 Å². The van der Waals surface area contributed by atoms with Gasteiger partial charge in [0.2, 0.25) is 0 Å². The molecule has 0 fully saturated rings. The van der Waals surface area contributed by atoms with Crippen molar-refractivity contribution in [3.8, 4) is 10.4 Å². The molecule has 2 aromatic rings. The van der Waals surface area contributed by atoms with Crippen LogP contribution in [-0.4, -0.2) is 37.6 Å². The monoisotopic (exact) mass is 318 g/mol. The number of urea groups is 1. The van der Waals surface area contributed by atoms with E-state index in [2.05, 4.69) is 5.32 Å². The van der Waals surface area contributed by atoms with E-state index in [1.165, 1.54) is 16.2 Å².